The van der Waals surface area contributed by atoms with Gasteiger partial charge in [0.15, 0.2) is 0 Å². The van der Waals surface area contributed by atoms with E-state index in [1.54, 1.807) is 0 Å². The van der Waals surface area contributed by atoms with Crippen LogP contribution in [-0.2, 0) is 0 Å². The summed E-state index contributed by atoms with van der Waals surface area (Å²) < 4.78 is 0. The first-order valence-corrected chi connectivity index (χ1v) is 10.2. The summed E-state index contributed by atoms with van der Waals surface area (Å²) in [4.78, 5) is 0. The van der Waals surface area contributed by atoms with Crippen molar-refractivity contribution < 1.29 is 0 Å². The molecule has 3 aliphatic carbocycles. The molecule has 0 aromatic carbocycles. The lowest BCUT2D eigenvalue weighted by atomic mass is 10.3. The fraction of sp³-hybridized carbons (Fsp3) is 0.368. The van der Waals surface area contributed by atoms with E-state index in [-0.39, 0.29) is 0 Å². The van der Waals surface area contributed by atoms with Crippen LogP contribution in [0.2, 0.25) is 22.2 Å². The molecule has 0 heterocycles. The average Bonchev–Trinajstić information content (AvgIpc) is 3.23. The molecule has 20 heavy (non-hydrogen) atoms. The molecule has 0 fully saturated rings. The topological polar surface area (TPSA) is 0 Å². The highest BCUT2D eigenvalue weighted by molar-refractivity contribution is 6.87. The van der Waals surface area contributed by atoms with Gasteiger partial charge in [-0.15, -0.1) is 0 Å². The van der Waals surface area contributed by atoms with Crippen molar-refractivity contribution in [2.45, 2.75) is 42.4 Å². The van der Waals surface area contributed by atoms with E-state index in [4.69, 9.17) is 0 Å². The molecule has 1 unspecified atom stereocenters. The van der Waals surface area contributed by atoms with Gasteiger partial charge in [-0.1, -0.05) is 93.2 Å². The molecule has 0 saturated carbocycles. The lowest BCUT2D eigenvalue weighted by molar-refractivity contribution is 0.791. The predicted molar refractivity (Wildman–Crippen MR) is 91.6 cm³/mol. The highest BCUT2D eigenvalue weighted by Gasteiger charge is 2.52. The molecule has 1 atom stereocenters. The van der Waals surface area contributed by atoms with Crippen molar-refractivity contribution in [1.82, 2.24) is 0 Å². The lowest BCUT2D eigenvalue weighted by Gasteiger charge is -2.47. The summed E-state index contributed by atoms with van der Waals surface area (Å²) in [6, 6.07) is 0. The Morgan fingerprint density at radius 2 is 1.00 bits per heavy atom. The van der Waals surface area contributed by atoms with Crippen molar-refractivity contribution in [1.29, 1.82) is 0 Å². The van der Waals surface area contributed by atoms with Gasteiger partial charge >= 0.3 is 0 Å². The van der Waals surface area contributed by atoms with Crippen molar-refractivity contribution in [3.63, 3.8) is 0 Å². The third-order valence-electron chi connectivity index (χ3n) is 5.44. The number of hydrogen-bond acceptors (Lipinski definition) is 0. The Hall–Kier alpha value is -1.34. The number of hydrogen-bond donors (Lipinski definition) is 0. The summed E-state index contributed by atoms with van der Waals surface area (Å²) in [5.41, 5.74) is 2.78. The van der Waals surface area contributed by atoms with Crippen LogP contribution in [0.3, 0.4) is 0 Å². The van der Waals surface area contributed by atoms with E-state index in [1.807, 2.05) is 0 Å². The first-order chi connectivity index (χ1) is 9.80. The molecule has 0 amide bonds. The molecule has 0 aromatic rings. The van der Waals surface area contributed by atoms with Gasteiger partial charge < -0.3 is 0 Å². The molecule has 0 radical (unpaired) electrons. The van der Waals surface area contributed by atoms with Gasteiger partial charge in [-0.3, -0.25) is 0 Å². The fourth-order valence-electron chi connectivity index (χ4n) is 4.30. The van der Waals surface area contributed by atoms with Crippen LogP contribution in [0.15, 0.2) is 72.9 Å². The van der Waals surface area contributed by atoms with E-state index >= 15 is 0 Å². The van der Waals surface area contributed by atoms with Gasteiger partial charge in [0.05, 0.1) is 8.07 Å². The van der Waals surface area contributed by atoms with Gasteiger partial charge in [0, 0.05) is 0 Å². The quantitative estimate of drug-likeness (QED) is 0.565. The molecule has 0 nitrogen and oxygen atoms in total. The van der Waals surface area contributed by atoms with Crippen LogP contribution in [0.4, 0.5) is 0 Å². The fourth-order valence-corrected chi connectivity index (χ4v) is 11.0. The van der Waals surface area contributed by atoms with Crippen molar-refractivity contribution in [2.24, 2.45) is 0 Å². The van der Waals surface area contributed by atoms with Crippen LogP contribution in [0, 0.1) is 0 Å². The van der Waals surface area contributed by atoms with Gasteiger partial charge in [-0.2, -0.15) is 0 Å². The number of allylic oxidation sites excluding steroid dienone is 12. The minimum Gasteiger partial charge on any atom is -0.0803 e. The smallest absolute Gasteiger partial charge is 0.0803 e. The summed E-state index contributed by atoms with van der Waals surface area (Å²) >= 11 is 0. The Kier molecular flexibility index (Phi) is 3.80. The van der Waals surface area contributed by atoms with Crippen molar-refractivity contribution in [2.75, 3.05) is 0 Å². The van der Waals surface area contributed by atoms with Crippen molar-refractivity contribution >= 4 is 8.07 Å². The van der Waals surface area contributed by atoms with Crippen molar-refractivity contribution in [3.05, 3.63) is 72.9 Å². The van der Waals surface area contributed by atoms with Crippen LogP contribution in [0.5, 0.6) is 0 Å². The van der Waals surface area contributed by atoms with Crippen LogP contribution >= 0.6 is 0 Å². The molecule has 3 aliphatic rings. The molecule has 0 saturated heterocycles. The second-order valence-electron chi connectivity index (χ2n) is 6.20. The van der Waals surface area contributed by atoms with Crippen LogP contribution in [0.25, 0.3) is 0 Å². The summed E-state index contributed by atoms with van der Waals surface area (Å²) in [5.74, 6) is 0. The van der Waals surface area contributed by atoms with Crippen LogP contribution in [-0.4, -0.2) is 8.07 Å². The second-order valence-corrected chi connectivity index (χ2v) is 11.2. The largest absolute Gasteiger partial charge is 0.0891 e. The first-order valence-electron chi connectivity index (χ1n) is 7.85. The van der Waals surface area contributed by atoms with E-state index in [1.165, 1.54) is 6.42 Å². The third kappa shape index (κ3) is 1.96. The van der Waals surface area contributed by atoms with Gasteiger partial charge in [0.25, 0.3) is 0 Å². The molecule has 104 valence electrons. The maximum absolute atomic E-state index is 2.49. The van der Waals surface area contributed by atoms with Gasteiger partial charge in [0.1, 0.15) is 0 Å². The normalized spacial score (nSPS) is 23.7. The summed E-state index contributed by atoms with van der Waals surface area (Å²) in [6.07, 6.45) is 29.5. The predicted octanol–water partition coefficient (Wildman–Crippen LogP) is 5.72. The molecule has 1 heteroatoms. The van der Waals surface area contributed by atoms with Gasteiger partial charge in [0.2, 0.25) is 0 Å². The summed E-state index contributed by atoms with van der Waals surface area (Å²) in [7, 11) is -1.62. The maximum atomic E-state index is 2.49. The molecule has 0 N–H and O–H groups in total. The molecule has 0 spiro atoms. The Morgan fingerprint density at radius 3 is 1.25 bits per heavy atom. The van der Waals surface area contributed by atoms with E-state index < -0.39 is 8.07 Å². The summed E-state index contributed by atoms with van der Waals surface area (Å²) in [5, 5.41) is 0. The van der Waals surface area contributed by atoms with E-state index in [9.17, 15) is 0 Å². The molecule has 3 rings (SSSR count). The minimum absolute atomic E-state index is 0.659. The molecule has 0 aliphatic heterocycles. The standard InChI is InChI=1S/C19H24Si/c1-3-16(2)20(17-10-4-5-11-17,18-12-6-7-13-18)19-14-8-9-15-19/h4-19H,3H2,1-2H3. The molecular formula is C19H24Si. The third-order valence-corrected chi connectivity index (χ3v) is 12.2. The molecular weight excluding hydrogens is 256 g/mol. The minimum atomic E-state index is -1.62. The Morgan fingerprint density at radius 1 is 0.700 bits per heavy atom. The zero-order chi connectivity index (χ0) is 14.0. The van der Waals surface area contributed by atoms with Crippen LogP contribution in [0.1, 0.15) is 20.3 Å². The highest BCUT2D eigenvalue weighted by Crippen LogP contribution is 2.56. The van der Waals surface area contributed by atoms with Gasteiger partial charge in [-0.25, -0.2) is 0 Å². The monoisotopic (exact) mass is 280 g/mol. The SMILES string of the molecule is CCC(C)[Si](C1C=CC=C1)(C1C=CC=C1)C1C=CC=C1. The number of rotatable bonds is 5. The average molecular weight is 280 g/mol. The Bertz CT molecular complexity index is 425. The maximum Gasteiger partial charge on any atom is 0.0891 e. The van der Waals surface area contributed by atoms with E-state index in [0.717, 1.165) is 5.54 Å². The molecule has 0 bridgehead atoms. The zero-order valence-electron chi connectivity index (χ0n) is 12.4. The highest BCUT2D eigenvalue weighted by atomic mass is 28.3. The lowest BCUT2D eigenvalue weighted by Crippen LogP contribution is -2.49. The second kappa shape index (κ2) is 5.57. The summed E-state index contributed by atoms with van der Waals surface area (Å²) in [6.45, 7) is 4.85. The molecule has 0 aromatic heterocycles. The van der Waals surface area contributed by atoms with Crippen LogP contribution < -0.4 is 0 Å². The zero-order valence-corrected chi connectivity index (χ0v) is 13.4. The van der Waals surface area contributed by atoms with E-state index in [2.05, 4.69) is 86.8 Å². The Balaban J connectivity index is 2.11. The first kappa shape index (κ1) is 13.6. The van der Waals surface area contributed by atoms with E-state index in [0.29, 0.717) is 16.6 Å². The van der Waals surface area contributed by atoms with Gasteiger partial charge in [-0.05, 0) is 22.2 Å². The van der Waals surface area contributed by atoms with Crippen molar-refractivity contribution in [3.8, 4) is 0 Å². The Labute approximate surface area is 124 Å².